The van der Waals surface area contributed by atoms with Gasteiger partial charge in [-0.15, -0.1) is 5.11 Å². The summed E-state index contributed by atoms with van der Waals surface area (Å²) < 4.78 is 5.29. The number of aryl methyl sites for hydroxylation is 1. The van der Waals surface area contributed by atoms with E-state index < -0.39 is 0 Å². The molecule has 3 N–H and O–H groups in total. The van der Waals surface area contributed by atoms with Gasteiger partial charge < -0.3 is 10.2 Å². The molecule has 0 unspecified atom stereocenters. The summed E-state index contributed by atoms with van der Waals surface area (Å²) in [7, 11) is 0. The minimum atomic E-state index is 0.306. The Morgan fingerprint density at radius 1 is 1.15 bits per heavy atom. The summed E-state index contributed by atoms with van der Waals surface area (Å²) in [5.41, 5.74) is 8.67. The van der Waals surface area contributed by atoms with Crippen LogP contribution in [-0.4, -0.2) is 10.2 Å². The van der Waals surface area contributed by atoms with Crippen LogP contribution in [0.3, 0.4) is 0 Å². The third-order valence-electron chi connectivity index (χ3n) is 2.92. The van der Waals surface area contributed by atoms with Gasteiger partial charge in [0.2, 0.25) is 0 Å². The normalized spacial score (nSPS) is 11.2. The molecule has 0 spiro atoms. The van der Waals surface area contributed by atoms with E-state index in [4.69, 9.17) is 10.2 Å². The second-order valence-corrected chi connectivity index (χ2v) is 4.26. The molecule has 0 saturated heterocycles. The molecule has 0 amide bonds. The number of nitrogens with one attached hydrogen (secondary N) is 1. The maximum absolute atomic E-state index is 5.83. The van der Waals surface area contributed by atoms with Crippen LogP contribution >= 0.6 is 0 Å². The van der Waals surface area contributed by atoms with Gasteiger partial charge in [-0.1, -0.05) is 18.2 Å². The molecule has 0 aliphatic heterocycles. The lowest BCUT2D eigenvalue weighted by Crippen LogP contribution is -1.83. The molecule has 0 fully saturated rings. The topological polar surface area (TPSA) is 92.6 Å². The van der Waals surface area contributed by atoms with Gasteiger partial charge in [-0.3, -0.25) is 5.10 Å². The van der Waals surface area contributed by atoms with Gasteiger partial charge in [0.15, 0.2) is 11.5 Å². The lowest BCUT2D eigenvalue weighted by Gasteiger charge is -1.97. The van der Waals surface area contributed by atoms with E-state index in [1.54, 1.807) is 6.26 Å². The van der Waals surface area contributed by atoms with Crippen molar-refractivity contribution in [2.45, 2.75) is 6.92 Å². The first-order valence-corrected chi connectivity index (χ1v) is 6.11. The first kappa shape index (κ1) is 12.2. The van der Waals surface area contributed by atoms with Gasteiger partial charge in [0.1, 0.15) is 5.76 Å². The maximum Gasteiger partial charge on any atom is 0.173 e. The van der Waals surface area contributed by atoms with E-state index in [9.17, 15) is 0 Å². The highest BCUT2D eigenvalue weighted by atomic mass is 16.3. The quantitative estimate of drug-likeness (QED) is 0.703. The van der Waals surface area contributed by atoms with Crippen LogP contribution in [0.15, 0.2) is 57.3 Å². The molecule has 0 saturated carbocycles. The van der Waals surface area contributed by atoms with Crippen LogP contribution in [0.4, 0.5) is 17.2 Å². The van der Waals surface area contributed by atoms with Crippen LogP contribution in [0.2, 0.25) is 0 Å². The van der Waals surface area contributed by atoms with Crippen LogP contribution in [-0.2, 0) is 0 Å². The number of aromatic nitrogens is 2. The van der Waals surface area contributed by atoms with Gasteiger partial charge in [0, 0.05) is 5.56 Å². The average molecular weight is 267 g/mol. The number of anilines is 1. The second-order valence-electron chi connectivity index (χ2n) is 4.26. The van der Waals surface area contributed by atoms with Crippen molar-refractivity contribution in [2.75, 3.05) is 5.73 Å². The summed E-state index contributed by atoms with van der Waals surface area (Å²) in [5.74, 6) is 1.07. The van der Waals surface area contributed by atoms with E-state index in [2.05, 4.69) is 20.4 Å². The minimum Gasteiger partial charge on any atom is -0.469 e. The standard InChI is InChI=1S/C14H13N5O/c1-9-11(7-8-20-9)12-13(14(15)19-17-12)18-16-10-5-3-2-4-6-10/h2-8H,1H3,(H3,15,17,19). The number of hydrogen-bond acceptors (Lipinski definition) is 5. The summed E-state index contributed by atoms with van der Waals surface area (Å²) in [6.07, 6.45) is 1.61. The fourth-order valence-corrected chi connectivity index (χ4v) is 1.89. The Hall–Kier alpha value is -2.89. The molecule has 100 valence electrons. The van der Waals surface area contributed by atoms with E-state index >= 15 is 0 Å². The Morgan fingerprint density at radius 3 is 2.65 bits per heavy atom. The zero-order valence-electron chi connectivity index (χ0n) is 10.9. The highest BCUT2D eigenvalue weighted by Gasteiger charge is 2.15. The molecule has 2 aromatic heterocycles. The molecular weight excluding hydrogens is 254 g/mol. The van der Waals surface area contributed by atoms with E-state index in [0.717, 1.165) is 17.0 Å². The van der Waals surface area contributed by atoms with Gasteiger partial charge >= 0.3 is 0 Å². The van der Waals surface area contributed by atoms with E-state index in [0.29, 0.717) is 17.2 Å². The van der Waals surface area contributed by atoms with Crippen molar-refractivity contribution in [2.24, 2.45) is 10.2 Å². The van der Waals surface area contributed by atoms with Crippen molar-refractivity contribution in [1.29, 1.82) is 0 Å². The van der Waals surface area contributed by atoms with Crippen molar-refractivity contribution in [1.82, 2.24) is 10.2 Å². The Balaban J connectivity index is 2.00. The number of nitrogens with zero attached hydrogens (tertiary/aromatic N) is 3. The molecule has 1 aromatic carbocycles. The molecule has 6 nitrogen and oxygen atoms in total. The van der Waals surface area contributed by atoms with Gasteiger partial charge in [-0.05, 0) is 25.1 Å². The molecule has 0 atom stereocenters. The first-order chi connectivity index (χ1) is 9.75. The number of benzene rings is 1. The molecule has 0 radical (unpaired) electrons. The van der Waals surface area contributed by atoms with Crippen molar-refractivity contribution in [3.05, 3.63) is 48.4 Å². The van der Waals surface area contributed by atoms with Crippen molar-refractivity contribution >= 4 is 17.2 Å². The highest BCUT2D eigenvalue weighted by molar-refractivity contribution is 5.80. The van der Waals surface area contributed by atoms with Crippen molar-refractivity contribution in [3.63, 3.8) is 0 Å². The van der Waals surface area contributed by atoms with Crippen LogP contribution in [0.1, 0.15) is 5.76 Å². The van der Waals surface area contributed by atoms with Crippen LogP contribution in [0.25, 0.3) is 11.3 Å². The van der Waals surface area contributed by atoms with E-state index in [1.807, 2.05) is 43.3 Å². The molecule has 6 heteroatoms. The number of hydrogen-bond donors (Lipinski definition) is 2. The Bertz CT molecular complexity index is 742. The maximum atomic E-state index is 5.83. The number of nitrogen functional groups attached to an aromatic ring is 1. The zero-order valence-corrected chi connectivity index (χ0v) is 10.9. The molecular formula is C14H13N5O. The fourth-order valence-electron chi connectivity index (χ4n) is 1.89. The Morgan fingerprint density at radius 2 is 1.95 bits per heavy atom. The molecule has 0 aliphatic rings. The summed E-state index contributed by atoms with van der Waals surface area (Å²) in [5, 5.41) is 15.2. The SMILES string of the molecule is Cc1occc1-c1[nH]nc(N)c1N=Nc1ccccc1. The number of aromatic amines is 1. The molecule has 3 rings (SSSR count). The summed E-state index contributed by atoms with van der Waals surface area (Å²) in [4.78, 5) is 0. The number of furan rings is 1. The number of azo groups is 1. The number of H-pyrrole nitrogens is 1. The second kappa shape index (κ2) is 5.00. The number of rotatable bonds is 3. The largest absolute Gasteiger partial charge is 0.469 e. The van der Waals surface area contributed by atoms with Crippen molar-refractivity contribution in [3.8, 4) is 11.3 Å². The van der Waals surface area contributed by atoms with Gasteiger partial charge in [-0.25, -0.2) is 0 Å². The smallest absolute Gasteiger partial charge is 0.173 e. The van der Waals surface area contributed by atoms with Crippen molar-refractivity contribution < 1.29 is 4.42 Å². The Kier molecular flexibility index (Phi) is 3.04. The zero-order chi connectivity index (χ0) is 13.9. The molecule has 0 bridgehead atoms. The fraction of sp³-hybridized carbons (Fsp3) is 0.0714. The highest BCUT2D eigenvalue weighted by Crippen LogP contribution is 2.35. The molecule has 0 aliphatic carbocycles. The monoisotopic (exact) mass is 267 g/mol. The summed E-state index contributed by atoms with van der Waals surface area (Å²) in [6, 6.07) is 11.3. The Labute approximate surface area is 115 Å². The molecule has 2 heterocycles. The predicted octanol–water partition coefficient (Wildman–Crippen LogP) is 3.98. The van der Waals surface area contributed by atoms with Crippen LogP contribution < -0.4 is 5.73 Å². The van der Waals surface area contributed by atoms with Gasteiger partial charge in [0.05, 0.1) is 17.6 Å². The minimum absolute atomic E-state index is 0.306. The van der Waals surface area contributed by atoms with E-state index in [-0.39, 0.29) is 0 Å². The van der Waals surface area contributed by atoms with Crippen LogP contribution in [0, 0.1) is 6.92 Å². The van der Waals surface area contributed by atoms with Gasteiger partial charge in [-0.2, -0.15) is 10.2 Å². The molecule has 20 heavy (non-hydrogen) atoms. The third-order valence-corrected chi connectivity index (χ3v) is 2.92. The number of nitrogens with two attached hydrogens (primary N) is 1. The summed E-state index contributed by atoms with van der Waals surface area (Å²) in [6.45, 7) is 1.87. The lowest BCUT2D eigenvalue weighted by molar-refractivity contribution is 0.535. The average Bonchev–Trinajstić information content (AvgIpc) is 3.04. The van der Waals surface area contributed by atoms with Gasteiger partial charge in [0.25, 0.3) is 0 Å². The molecule has 3 aromatic rings. The predicted molar refractivity (Wildman–Crippen MR) is 76.1 cm³/mol. The lowest BCUT2D eigenvalue weighted by atomic mass is 10.2. The van der Waals surface area contributed by atoms with Crippen LogP contribution in [0.5, 0.6) is 0 Å². The first-order valence-electron chi connectivity index (χ1n) is 6.11. The third kappa shape index (κ3) is 2.18. The summed E-state index contributed by atoms with van der Waals surface area (Å²) >= 11 is 0. The van der Waals surface area contributed by atoms with E-state index in [1.165, 1.54) is 0 Å².